The SMILES string of the molecule is O=C(NCCS(=O)(=O)NCc1ccccc1)N1CCCC(Cc2ccc(Cl)cc2)C1. The molecule has 2 aromatic carbocycles. The first-order valence-corrected chi connectivity index (χ1v) is 12.2. The summed E-state index contributed by atoms with van der Waals surface area (Å²) in [6.45, 7) is 1.70. The molecule has 1 fully saturated rings. The first kappa shape index (κ1) is 22.6. The minimum Gasteiger partial charge on any atom is -0.337 e. The van der Waals surface area contributed by atoms with Crippen molar-refractivity contribution in [3.05, 3.63) is 70.7 Å². The number of halogens is 1. The number of amides is 2. The largest absolute Gasteiger partial charge is 0.337 e. The molecule has 3 rings (SSSR count). The number of nitrogens with one attached hydrogen (secondary N) is 2. The van der Waals surface area contributed by atoms with Gasteiger partial charge < -0.3 is 10.2 Å². The summed E-state index contributed by atoms with van der Waals surface area (Å²) in [6.07, 6.45) is 2.92. The van der Waals surface area contributed by atoms with E-state index in [4.69, 9.17) is 11.6 Å². The van der Waals surface area contributed by atoms with Gasteiger partial charge in [-0.15, -0.1) is 0 Å². The molecule has 1 aliphatic rings. The van der Waals surface area contributed by atoms with Crippen LogP contribution in [0.1, 0.15) is 24.0 Å². The second-order valence-electron chi connectivity index (χ2n) is 7.64. The van der Waals surface area contributed by atoms with Crippen LogP contribution in [0.2, 0.25) is 5.02 Å². The van der Waals surface area contributed by atoms with E-state index in [1.807, 2.05) is 54.6 Å². The predicted molar refractivity (Wildman–Crippen MR) is 120 cm³/mol. The van der Waals surface area contributed by atoms with Crippen molar-refractivity contribution in [1.82, 2.24) is 14.9 Å². The molecule has 0 aromatic heterocycles. The van der Waals surface area contributed by atoms with Crippen LogP contribution in [0.25, 0.3) is 0 Å². The standard InChI is InChI=1S/C22H28ClN3O3S/c23-21-10-8-18(9-11-21)15-20-7-4-13-26(17-20)22(27)24-12-14-30(28,29)25-16-19-5-2-1-3-6-19/h1-3,5-6,8-11,20,25H,4,7,12-17H2,(H,24,27). The number of benzene rings is 2. The summed E-state index contributed by atoms with van der Waals surface area (Å²) in [5.41, 5.74) is 2.10. The molecule has 6 nitrogen and oxygen atoms in total. The third kappa shape index (κ3) is 7.31. The Morgan fingerprint density at radius 2 is 1.80 bits per heavy atom. The van der Waals surface area contributed by atoms with Gasteiger partial charge in [-0.05, 0) is 48.4 Å². The lowest BCUT2D eigenvalue weighted by Crippen LogP contribution is -2.47. The predicted octanol–water partition coefficient (Wildman–Crippen LogP) is 3.42. The fourth-order valence-electron chi connectivity index (χ4n) is 3.64. The van der Waals surface area contributed by atoms with Crippen molar-refractivity contribution in [2.45, 2.75) is 25.8 Å². The number of nitrogens with zero attached hydrogens (tertiary/aromatic N) is 1. The number of rotatable bonds is 8. The smallest absolute Gasteiger partial charge is 0.317 e. The average molecular weight is 450 g/mol. The molecule has 0 saturated carbocycles. The van der Waals surface area contributed by atoms with Crippen molar-refractivity contribution in [1.29, 1.82) is 0 Å². The Kier molecular flexibility index (Phi) is 8.13. The summed E-state index contributed by atoms with van der Waals surface area (Å²) in [6, 6.07) is 17.0. The van der Waals surface area contributed by atoms with Crippen LogP contribution in [0, 0.1) is 5.92 Å². The number of hydrogen-bond acceptors (Lipinski definition) is 3. The van der Waals surface area contributed by atoms with Crippen LogP contribution in [-0.2, 0) is 23.0 Å². The highest BCUT2D eigenvalue weighted by Crippen LogP contribution is 2.21. The van der Waals surface area contributed by atoms with Gasteiger partial charge in [0.05, 0.1) is 5.75 Å². The molecule has 0 radical (unpaired) electrons. The van der Waals surface area contributed by atoms with Crippen LogP contribution in [0.4, 0.5) is 4.79 Å². The maximum atomic E-state index is 12.5. The van der Waals surface area contributed by atoms with Gasteiger partial charge in [0, 0.05) is 31.2 Å². The molecule has 162 valence electrons. The van der Waals surface area contributed by atoms with Gasteiger partial charge in [-0.3, -0.25) is 0 Å². The van der Waals surface area contributed by atoms with Crippen LogP contribution in [0.15, 0.2) is 54.6 Å². The lowest BCUT2D eigenvalue weighted by Gasteiger charge is -2.33. The van der Waals surface area contributed by atoms with Crippen LogP contribution in [0.5, 0.6) is 0 Å². The number of urea groups is 1. The molecule has 30 heavy (non-hydrogen) atoms. The van der Waals surface area contributed by atoms with Crippen molar-refractivity contribution >= 4 is 27.7 Å². The van der Waals surface area contributed by atoms with E-state index in [2.05, 4.69) is 10.0 Å². The minimum atomic E-state index is -3.46. The Morgan fingerprint density at radius 3 is 2.53 bits per heavy atom. The Balaban J connectivity index is 1.41. The highest BCUT2D eigenvalue weighted by molar-refractivity contribution is 7.89. The van der Waals surface area contributed by atoms with Gasteiger partial charge >= 0.3 is 6.03 Å². The minimum absolute atomic E-state index is 0.0846. The molecule has 2 N–H and O–H groups in total. The van der Waals surface area contributed by atoms with E-state index in [1.54, 1.807) is 4.90 Å². The molecular formula is C22H28ClN3O3S. The molecule has 8 heteroatoms. The zero-order valence-corrected chi connectivity index (χ0v) is 18.5. The molecule has 1 heterocycles. The van der Waals surface area contributed by atoms with Crippen LogP contribution in [0.3, 0.4) is 0 Å². The van der Waals surface area contributed by atoms with Gasteiger partial charge in [0.2, 0.25) is 10.0 Å². The summed E-state index contributed by atoms with van der Waals surface area (Å²) >= 11 is 5.94. The maximum Gasteiger partial charge on any atom is 0.317 e. The zero-order chi connectivity index (χ0) is 21.4. The van der Waals surface area contributed by atoms with Crippen molar-refractivity contribution in [2.24, 2.45) is 5.92 Å². The fourth-order valence-corrected chi connectivity index (χ4v) is 4.66. The summed E-state index contributed by atoms with van der Waals surface area (Å²) in [4.78, 5) is 14.3. The molecule has 0 spiro atoms. The van der Waals surface area contributed by atoms with E-state index < -0.39 is 10.0 Å². The number of likely N-dealkylation sites (tertiary alicyclic amines) is 1. The van der Waals surface area contributed by atoms with Gasteiger partial charge in [-0.1, -0.05) is 54.1 Å². The van der Waals surface area contributed by atoms with Crippen molar-refractivity contribution in [3.8, 4) is 0 Å². The third-order valence-electron chi connectivity index (χ3n) is 5.23. The van der Waals surface area contributed by atoms with Gasteiger partial charge in [0.25, 0.3) is 0 Å². The number of piperidine rings is 1. The Bertz CT molecular complexity index is 920. The normalized spacial score (nSPS) is 17.0. The molecule has 2 aromatic rings. The first-order valence-electron chi connectivity index (χ1n) is 10.2. The van der Waals surface area contributed by atoms with Gasteiger partial charge in [0.15, 0.2) is 0 Å². The van der Waals surface area contributed by atoms with E-state index in [0.29, 0.717) is 19.0 Å². The summed E-state index contributed by atoms with van der Waals surface area (Å²) in [7, 11) is -3.46. The second-order valence-corrected chi connectivity index (χ2v) is 10.0. The Hall–Kier alpha value is -2.09. The molecule has 1 aliphatic heterocycles. The molecular weight excluding hydrogens is 422 g/mol. The zero-order valence-electron chi connectivity index (χ0n) is 16.9. The van der Waals surface area contributed by atoms with Crippen molar-refractivity contribution in [2.75, 3.05) is 25.4 Å². The number of hydrogen-bond donors (Lipinski definition) is 2. The monoisotopic (exact) mass is 449 g/mol. The van der Waals surface area contributed by atoms with E-state index in [9.17, 15) is 13.2 Å². The molecule has 1 unspecified atom stereocenters. The van der Waals surface area contributed by atoms with Crippen LogP contribution in [-0.4, -0.2) is 44.7 Å². The lowest BCUT2D eigenvalue weighted by molar-refractivity contribution is 0.166. The Labute approximate surface area is 183 Å². The van der Waals surface area contributed by atoms with Crippen LogP contribution < -0.4 is 10.0 Å². The van der Waals surface area contributed by atoms with E-state index in [1.165, 1.54) is 5.56 Å². The van der Waals surface area contributed by atoms with E-state index in [-0.39, 0.29) is 24.9 Å². The molecule has 1 saturated heterocycles. The summed E-state index contributed by atoms with van der Waals surface area (Å²) in [5, 5.41) is 3.47. The number of sulfonamides is 1. The van der Waals surface area contributed by atoms with Crippen molar-refractivity contribution in [3.63, 3.8) is 0 Å². The topological polar surface area (TPSA) is 78.5 Å². The molecule has 2 amide bonds. The van der Waals surface area contributed by atoms with Crippen molar-refractivity contribution < 1.29 is 13.2 Å². The summed E-state index contributed by atoms with van der Waals surface area (Å²) < 4.78 is 26.9. The number of carbonyl (C=O) groups excluding carboxylic acids is 1. The maximum absolute atomic E-state index is 12.5. The van der Waals surface area contributed by atoms with E-state index in [0.717, 1.165) is 29.8 Å². The third-order valence-corrected chi connectivity index (χ3v) is 6.81. The van der Waals surface area contributed by atoms with Gasteiger partial charge in [-0.25, -0.2) is 17.9 Å². The molecule has 1 atom stereocenters. The highest BCUT2D eigenvalue weighted by atomic mass is 35.5. The Morgan fingerprint density at radius 1 is 1.07 bits per heavy atom. The average Bonchev–Trinajstić information content (AvgIpc) is 2.75. The van der Waals surface area contributed by atoms with Gasteiger partial charge in [-0.2, -0.15) is 0 Å². The molecule has 0 aliphatic carbocycles. The first-order chi connectivity index (χ1) is 14.4. The number of carbonyl (C=O) groups is 1. The van der Waals surface area contributed by atoms with E-state index >= 15 is 0 Å². The second kappa shape index (κ2) is 10.8. The van der Waals surface area contributed by atoms with Crippen LogP contribution >= 0.6 is 11.6 Å². The fraction of sp³-hybridized carbons (Fsp3) is 0.409. The highest BCUT2D eigenvalue weighted by Gasteiger charge is 2.24. The lowest BCUT2D eigenvalue weighted by atomic mass is 9.91. The molecule has 0 bridgehead atoms. The quantitative estimate of drug-likeness (QED) is 0.648. The summed E-state index contributed by atoms with van der Waals surface area (Å²) in [5.74, 6) is 0.245. The van der Waals surface area contributed by atoms with Gasteiger partial charge in [0.1, 0.15) is 0 Å².